The summed E-state index contributed by atoms with van der Waals surface area (Å²) in [6, 6.07) is 15.2. The topological polar surface area (TPSA) is 26.3 Å². The average molecular weight is 246 g/mol. The molecule has 0 N–H and O–H groups in total. The number of benzene rings is 2. The summed E-state index contributed by atoms with van der Waals surface area (Å²) in [6.07, 6.45) is 1.66. The first-order valence-corrected chi connectivity index (χ1v) is 6.89. The Morgan fingerprint density at radius 1 is 1.00 bits per heavy atom. The van der Waals surface area contributed by atoms with Crippen LogP contribution in [0.3, 0.4) is 0 Å². The van der Waals surface area contributed by atoms with Crippen molar-refractivity contribution >= 4 is 10.8 Å². The van der Waals surface area contributed by atoms with Gasteiger partial charge in [-0.2, -0.15) is 0 Å². The largest absolute Gasteiger partial charge is 0.457 e. The van der Waals surface area contributed by atoms with Gasteiger partial charge in [0.05, 0.1) is 0 Å². The van der Waals surface area contributed by atoms with Gasteiger partial charge in [0.15, 0.2) is 0 Å². The zero-order valence-corrected chi connectivity index (χ0v) is 10.7. The Kier molecular flexibility index (Phi) is 3.59. The molecule has 3 heteroatoms. The van der Waals surface area contributed by atoms with Crippen molar-refractivity contribution in [2.75, 3.05) is 6.26 Å². The number of hydrogen-bond donors (Lipinski definition) is 0. The van der Waals surface area contributed by atoms with Crippen molar-refractivity contribution in [1.82, 2.24) is 0 Å². The predicted octanol–water partition coefficient (Wildman–Crippen LogP) is 3.52. The molecule has 2 rings (SSSR count). The van der Waals surface area contributed by atoms with Gasteiger partial charge in [-0.25, -0.2) is 0 Å². The number of aryl methyl sites for hydroxylation is 1. The molecule has 0 amide bonds. The van der Waals surface area contributed by atoms with Crippen LogP contribution in [0.1, 0.15) is 5.56 Å². The Balaban J connectivity index is 2.24. The quantitative estimate of drug-likeness (QED) is 0.828. The molecule has 0 saturated heterocycles. The van der Waals surface area contributed by atoms with Crippen molar-refractivity contribution in [2.24, 2.45) is 0 Å². The lowest BCUT2D eigenvalue weighted by Crippen LogP contribution is -1.89. The SMILES string of the molecule is Cc1cccc(Oc2cccc(S(C)=O)c2)c1. The highest BCUT2D eigenvalue weighted by atomic mass is 32.2. The van der Waals surface area contributed by atoms with Crippen molar-refractivity contribution in [3.8, 4) is 11.5 Å². The molecular formula is C14H14O2S. The third-order valence-corrected chi connectivity index (χ3v) is 3.28. The summed E-state index contributed by atoms with van der Waals surface area (Å²) in [5, 5.41) is 0. The van der Waals surface area contributed by atoms with E-state index in [1.807, 2.05) is 49.4 Å². The summed E-state index contributed by atoms with van der Waals surface area (Å²) in [5.41, 5.74) is 1.15. The molecule has 1 unspecified atom stereocenters. The van der Waals surface area contributed by atoms with E-state index in [-0.39, 0.29) is 0 Å². The van der Waals surface area contributed by atoms with Crippen molar-refractivity contribution in [3.63, 3.8) is 0 Å². The van der Waals surface area contributed by atoms with Crippen molar-refractivity contribution in [2.45, 2.75) is 11.8 Å². The third-order valence-electron chi connectivity index (χ3n) is 2.36. The highest BCUT2D eigenvalue weighted by Gasteiger charge is 2.01. The molecule has 0 radical (unpaired) electrons. The number of ether oxygens (including phenoxy) is 1. The van der Waals surface area contributed by atoms with E-state index >= 15 is 0 Å². The highest BCUT2D eigenvalue weighted by molar-refractivity contribution is 7.84. The Labute approximate surface area is 104 Å². The molecule has 0 aliphatic rings. The van der Waals surface area contributed by atoms with Gasteiger partial charge >= 0.3 is 0 Å². The van der Waals surface area contributed by atoms with Crippen LogP contribution < -0.4 is 4.74 Å². The minimum absolute atomic E-state index is 0.711. The van der Waals surface area contributed by atoms with Crippen LogP contribution >= 0.6 is 0 Å². The Morgan fingerprint density at radius 2 is 1.65 bits per heavy atom. The van der Waals surface area contributed by atoms with Gasteiger partial charge in [0, 0.05) is 22.0 Å². The first-order chi connectivity index (χ1) is 8.15. The fourth-order valence-corrected chi connectivity index (χ4v) is 2.08. The molecule has 1 atom stereocenters. The Hall–Kier alpha value is -1.61. The second kappa shape index (κ2) is 5.15. The zero-order valence-electron chi connectivity index (χ0n) is 9.84. The van der Waals surface area contributed by atoms with Crippen LogP contribution in [0.15, 0.2) is 53.4 Å². The molecule has 17 heavy (non-hydrogen) atoms. The van der Waals surface area contributed by atoms with E-state index in [9.17, 15) is 4.21 Å². The van der Waals surface area contributed by atoms with E-state index in [2.05, 4.69) is 0 Å². The summed E-state index contributed by atoms with van der Waals surface area (Å²) in [5.74, 6) is 1.51. The lowest BCUT2D eigenvalue weighted by atomic mass is 10.2. The zero-order chi connectivity index (χ0) is 12.3. The second-order valence-electron chi connectivity index (χ2n) is 3.85. The van der Waals surface area contributed by atoms with Crippen LogP contribution in [0.2, 0.25) is 0 Å². The average Bonchev–Trinajstić information content (AvgIpc) is 2.29. The van der Waals surface area contributed by atoms with Crippen LogP contribution in [-0.4, -0.2) is 10.5 Å². The molecule has 0 aromatic heterocycles. The maximum absolute atomic E-state index is 11.4. The van der Waals surface area contributed by atoms with Crippen LogP contribution in [0.5, 0.6) is 11.5 Å². The predicted molar refractivity (Wildman–Crippen MR) is 70.0 cm³/mol. The minimum Gasteiger partial charge on any atom is -0.457 e. The van der Waals surface area contributed by atoms with Crippen LogP contribution in [0.25, 0.3) is 0 Å². The van der Waals surface area contributed by atoms with Crippen molar-refractivity contribution < 1.29 is 8.95 Å². The molecule has 2 nitrogen and oxygen atoms in total. The van der Waals surface area contributed by atoms with E-state index < -0.39 is 10.8 Å². The molecule has 0 bridgehead atoms. The molecule has 0 fully saturated rings. The molecule has 0 aliphatic heterocycles. The van der Waals surface area contributed by atoms with Gasteiger partial charge in [-0.15, -0.1) is 0 Å². The standard InChI is InChI=1S/C14H14O2S/c1-11-5-3-6-12(9-11)16-13-7-4-8-14(10-13)17(2)15/h3-10H,1-2H3. The summed E-state index contributed by atoms with van der Waals surface area (Å²) in [6.45, 7) is 2.02. The van der Waals surface area contributed by atoms with Crippen molar-refractivity contribution in [1.29, 1.82) is 0 Å². The highest BCUT2D eigenvalue weighted by Crippen LogP contribution is 2.23. The van der Waals surface area contributed by atoms with E-state index in [1.54, 1.807) is 12.3 Å². The van der Waals surface area contributed by atoms with Gasteiger partial charge in [-0.1, -0.05) is 18.2 Å². The maximum Gasteiger partial charge on any atom is 0.128 e. The number of rotatable bonds is 3. The Bertz CT molecular complexity index is 549. The fraction of sp³-hybridized carbons (Fsp3) is 0.143. The van der Waals surface area contributed by atoms with Crippen molar-refractivity contribution in [3.05, 3.63) is 54.1 Å². The molecule has 0 aliphatic carbocycles. The first-order valence-electron chi connectivity index (χ1n) is 5.33. The smallest absolute Gasteiger partial charge is 0.128 e. The van der Waals surface area contributed by atoms with Gasteiger partial charge < -0.3 is 4.74 Å². The molecule has 88 valence electrons. The summed E-state index contributed by atoms with van der Waals surface area (Å²) < 4.78 is 17.1. The van der Waals surface area contributed by atoms with Crippen LogP contribution in [0, 0.1) is 6.92 Å². The van der Waals surface area contributed by atoms with E-state index in [4.69, 9.17) is 4.74 Å². The summed E-state index contributed by atoms with van der Waals surface area (Å²) in [7, 11) is -0.982. The molecule has 0 saturated carbocycles. The molecular weight excluding hydrogens is 232 g/mol. The first kappa shape index (κ1) is 11.9. The molecule has 2 aromatic carbocycles. The van der Waals surface area contributed by atoms with E-state index in [0.717, 1.165) is 16.2 Å². The van der Waals surface area contributed by atoms with E-state index in [1.165, 1.54) is 0 Å². The van der Waals surface area contributed by atoms with Gasteiger partial charge in [0.25, 0.3) is 0 Å². The monoisotopic (exact) mass is 246 g/mol. The second-order valence-corrected chi connectivity index (χ2v) is 5.23. The minimum atomic E-state index is -0.982. The lowest BCUT2D eigenvalue weighted by Gasteiger charge is -2.07. The van der Waals surface area contributed by atoms with Gasteiger partial charge in [0.2, 0.25) is 0 Å². The van der Waals surface area contributed by atoms with Gasteiger partial charge in [-0.05, 0) is 42.8 Å². The third kappa shape index (κ3) is 3.17. The van der Waals surface area contributed by atoms with Gasteiger partial charge in [0.1, 0.15) is 11.5 Å². The lowest BCUT2D eigenvalue weighted by molar-refractivity contribution is 0.481. The van der Waals surface area contributed by atoms with Gasteiger partial charge in [-0.3, -0.25) is 4.21 Å². The number of hydrogen-bond acceptors (Lipinski definition) is 2. The Morgan fingerprint density at radius 3 is 2.29 bits per heavy atom. The summed E-state index contributed by atoms with van der Waals surface area (Å²) in [4.78, 5) is 0.773. The molecule has 0 heterocycles. The molecule has 0 spiro atoms. The molecule has 2 aromatic rings. The summed E-state index contributed by atoms with van der Waals surface area (Å²) >= 11 is 0. The van der Waals surface area contributed by atoms with Crippen LogP contribution in [0.4, 0.5) is 0 Å². The maximum atomic E-state index is 11.4. The normalized spacial score (nSPS) is 12.1. The fourth-order valence-electron chi connectivity index (χ4n) is 1.53. The van der Waals surface area contributed by atoms with Crippen LogP contribution in [-0.2, 0) is 10.8 Å². The van der Waals surface area contributed by atoms with E-state index in [0.29, 0.717) is 5.75 Å².